The number of aliphatic carboxylic acids is 1. The molecule has 0 aliphatic carbocycles. The number of rotatable bonds is 3. The van der Waals surface area contributed by atoms with Crippen LogP contribution in [0.3, 0.4) is 0 Å². The number of carboxylic acid groups (broad SMARTS) is 1. The van der Waals surface area contributed by atoms with Gasteiger partial charge in [-0.2, -0.15) is 0 Å². The van der Waals surface area contributed by atoms with Crippen molar-refractivity contribution < 1.29 is 19.7 Å². The van der Waals surface area contributed by atoms with Gasteiger partial charge in [0, 0.05) is 5.39 Å². The Hall–Kier alpha value is -2.23. The average molecular weight is 232 g/mol. The second-order valence-corrected chi connectivity index (χ2v) is 3.73. The lowest BCUT2D eigenvalue weighted by atomic mass is 10.1. The maximum absolute atomic E-state index is 10.7. The van der Waals surface area contributed by atoms with Gasteiger partial charge in [0.25, 0.3) is 0 Å². The number of fused-ring (bicyclic) bond motifs is 1. The van der Waals surface area contributed by atoms with Gasteiger partial charge in [-0.05, 0) is 18.4 Å². The quantitative estimate of drug-likeness (QED) is 0.852. The summed E-state index contributed by atoms with van der Waals surface area (Å²) in [6, 6.07) is 10.6. The van der Waals surface area contributed by atoms with Gasteiger partial charge in [0.1, 0.15) is 0 Å². The van der Waals surface area contributed by atoms with E-state index in [9.17, 15) is 9.90 Å². The van der Waals surface area contributed by atoms with Crippen molar-refractivity contribution in [3.63, 3.8) is 0 Å². The van der Waals surface area contributed by atoms with Crippen molar-refractivity contribution in [2.45, 2.75) is 13.0 Å². The van der Waals surface area contributed by atoms with Crippen LogP contribution >= 0.6 is 0 Å². The van der Waals surface area contributed by atoms with Gasteiger partial charge in [0.15, 0.2) is 17.6 Å². The Labute approximate surface area is 98.1 Å². The van der Waals surface area contributed by atoms with Crippen LogP contribution in [-0.2, 0) is 4.79 Å². The lowest BCUT2D eigenvalue weighted by molar-refractivity contribution is -0.144. The number of carboxylic acids is 1. The number of carbonyl (C=O) groups is 1. The number of phenolic OH excluding ortho intramolecular Hbond substituents is 1. The fourth-order valence-electron chi connectivity index (χ4n) is 1.57. The van der Waals surface area contributed by atoms with Crippen molar-refractivity contribution in [1.82, 2.24) is 0 Å². The zero-order valence-corrected chi connectivity index (χ0v) is 9.25. The molecular formula is C13H12O4. The van der Waals surface area contributed by atoms with E-state index in [-0.39, 0.29) is 11.5 Å². The summed E-state index contributed by atoms with van der Waals surface area (Å²) in [5, 5.41) is 20.2. The highest BCUT2D eigenvalue weighted by Crippen LogP contribution is 2.34. The predicted octanol–water partition coefficient (Wildman–Crippen LogP) is 2.40. The molecule has 0 fully saturated rings. The number of hydrogen-bond donors (Lipinski definition) is 2. The molecule has 0 spiro atoms. The molecule has 0 aromatic heterocycles. The Morgan fingerprint density at radius 3 is 2.65 bits per heavy atom. The van der Waals surface area contributed by atoms with E-state index in [2.05, 4.69) is 0 Å². The molecule has 0 bridgehead atoms. The van der Waals surface area contributed by atoms with Crippen molar-refractivity contribution in [2.24, 2.45) is 0 Å². The van der Waals surface area contributed by atoms with Crippen LogP contribution in [0.4, 0.5) is 0 Å². The molecule has 88 valence electrons. The van der Waals surface area contributed by atoms with E-state index in [4.69, 9.17) is 9.84 Å². The Morgan fingerprint density at radius 1 is 1.24 bits per heavy atom. The lowest BCUT2D eigenvalue weighted by Crippen LogP contribution is -2.22. The number of aromatic hydroxyl groups is 1. The summed E-state index contributed by atoms with van der Waals surface area (Å²) in [5.74, 6) is -0.924. The largest absolute Gasteiger partial charge is 0.504 e. The summed E-state index contributed by atoms with van der Waals surface area (Å²) in [5.41, 5.74) is 0. The second kappa shape index (κ2) is 4.33. The summed E-state index contributed by atoms with van der Waals surface area (Å²) < 4.78 is 5.17. The van der Waals surface area contributed by atoms with E-state index in [1.165, 1.54) is 6.92 Å². The first kappa shape index (κ1) is 11.3. The van der Waals surface area contributed by atoms with Crippen molar-refractivity contribution in [2.75, 3.05) is 0 Å². The van der Waals surface area contributed by atoms with E-state index in [0.29, 0.717) is 5.39 Å². The molecule has 2 N–H and O–H groups in total. The summed E-state index contributed by atoms with van der Waals surface area (Å²) in [4.78, 5) is 10.7. The SMILES string of the molecule is CC(Oc1ccc2ccccc2c1O)C(=O)O. The van der Waals surface area contributed by atoms with Gasteiger partial charge in [-0.15, -0.1) is 0 Å². The highest BCUT2D eigenvalue weighted by Gasteiger charge is 2.15. The standard InChI is InChI=1S/C13H12O4/c1-8(13(15)16)17-11-7-6-9-4-2-3-5-10(9)12(11)14/h2-8,14H,1H3,(H,15,16). The molecule has 4 nitrogen and oxygen atoms in total. The summed E-state index contributed by atoms with van der Waals surface area (Å²) in [6.45, 7) is 1.41. The minimum absolute atomic E-state index is 0.0313. The van der Waals surface area contributed by atoms with Gasteiger partial charge in [-0.25, -0.2) is 4.79 Å². The molecule has 2 aromatic rings. The highest BCUT2D eigenvalue weighted by atomic mass is 16.5. The lowest BCUT2D eigenvalue weighted by Gasteiger charge is -2.12. The van der Waals surface area contributed by atoms with Crippen LogP contribution in [0.25, 0.3) is 10.8 Å². The molecule has 0 radical (unpaired) electrons. The fourth-order valence-corrected chi connectivity index (χ4v) is 1.57. The van der Waals surface area contributed by atoms with Crippen molar-refractivity contribution >= 4 is 16.7 Å². The molecule has 2 aromatic carbocycles. The van der Waals surface area contributed by atoms with Crippen LogP contribution in [0.1, 0.15) is 6.92 Å². The smallest absolute Gasteiger partial charge is 0.344 e. The summed E-state index contributed by atoms with van der Waals surface area (Å²) in [6.07, 6.45) is -0.998. The second-order valence-electron chi connectivity index (χ2n) is 3.73. The van der Waals surface area contributed by atoms with Gasteiger partial charge < -0.3 is 14.9 Å². The van der Waals surface area contributed by atoms with Gasteiger partial charge in [0.05, 0.1) is 0 Å². The Morgan fingerprint density at radius 2 is 1.94 bits per heavy atom. The third kappa shape index (κ3) is 2.15. The van der Waals surface area contributed by atoms with Crippen molar-refractivity contribution in [1.29, 1.82) is 0 Å². The Kier molecular flexibility index (Phi) is 2.87. The van der Waals surface area contributed by atoms with Crippen LogP contribution < -0.4 is 4.74 Å². The van der Waals surface area contributed by atoms with E-state index in [1.807, 2.05) is 12.1 Å². The van der Waals surface area contributed by atoms with E-state index < -0.39 is 12.1 Å². The zero-order chi connectivity index (χ0) is 12.4. The molecule has 17 heavy (non-hydrogen) atoms. The van der Waals surface area contributed by atoms with Crippen LogP contribution in [0.2, 0.25) is 0 Å². The maximum Gasteiger partial charge on any atom is 0.344 e. The zero-order valence-electron chi connectivity index (χ0n) is 9.25. The average Bonchev–Trinajstić information content (AvgIpc) is 2.33. The highest BCUT2D eigenvalue weighted by molar-refractivity contribution is 5.90. The van der Waals surface area contributed by atoms with Gasteiger partial charge in [-0.3, -0.25) is 0 Å². The Balaban J connectivity index is 2.42. The topological polar surface area (TPSA) is 66.8 Å². The molecule has 0 saturated carbocycles. The minimum Gasteiger partial charge on any atom is -0.504 e. The number of phenols is 1. The first-order chi connectivity index (χ1) is 8.09. The van der Waals surface area contributed by atoms with Crippen LogP contribution in [0.15, 0.2) is 36.4 Å². The molecule has 0 aliphatic heterocycles. The van der Waals surface area contributed by atoms with E-state index in [1.54, 1.807) is 24.3 Å². The number of benzene rings is 2. The Bertz CT molecular complexity index is 562. The van der Waals surface area contributed by atoms with Crippen molar-refractivity contribution in [3.05, 3.63) is 36.4 Å². The number of ether oxygens (including phenoxy) is 1. The predicted molar refractivity (Wildman–Crippen MR) is 63.3 cm³/mol. The third-order valence-electron chi connectivity index (χ3n) is 2.52. The normalized spacial score (nSPS) is 12.3. The summed E-state index contributed by atoms with van der Waals surface area (Å²) in [7, 11) is 0. The van der Waals surface area contributed by atoms with Crippen molar-refractivity contribution in [3.8, 4) is 11.5 Å². The maximum atomic E-state index is 10.7. The molecular weight excluding hydrogens is 220 g/mol. The van der Waals surface area contributed by atoms with Gasteiger partial charge in [-0.1, -0.05) is 30.3 Å². The summed E-state index contributed by atoms with van der Waals surface area (Å²) >= 11 is 0. The first-order valence-corrected chi connectivity index (χ1v) is 5.20. The molecule has 4 heteroatoms. The molecule has 0 saturated heterocycles. The van der Waals surface area contributed by atoms with Crippen LogP contribution in [0.5, 0.6) is 11.5 Å². The molecule has 1 atom stereocenters. The molecule has 0 amide bonds. The fraction of sp³-hybridized carbons (Fsp3) is 0.154. The van der Waals surface area contributed by atoms with E-state index in [0.717, 1.165) is 5.39 Å². The van der Waals surface area contributed by atoms with Gasteiger partial charge >= 0.3 is 5.97 Å². The first-order valence-electron chi connectivity index (χ1n) is 5.20. The molecule has 0 heterocycles. The minimum atomic E-state index is -1.07. The van der Waals surface area contributed by atoms with E-state index >= 15 is 0 Å². The van der Waals surface area contributed by atoms with Crippen LogP contribution in [0, 0.1) is 0 Å². The number of hydrogen-bond acceptors (Lipinski definition) is 3. The monoisotopic (exact) mass is 232 g/mol. The van der Waals surface area contributed by atoms with Crippen LogP contribution in [-0.4, -0.2) is 22.3 Å². The third-order valence-corrected chi connectivity index (χ3v) is 2.52. The molecule has 2 rings (SSSR count). The molecule has 1 unspecified atom stereocenters. The molecule has 0 aliphatic rings. The van der Waals surface area contributed by atoms with Gasteiger partial charge in [0.2, 0.25) is 0 Å².